The number of methoxy groups -OCH3 is 1. The minimum absolute atomic E-state index is 0.315. The van der Waals surface area contributed by atoms with Gasteiger partial charge in [0.25, 0.3) is 5.91 Å². The van der Waals surface area contributed by atoms with E-state index < -0.39 is 0 Å². The normalized spacial score (nSPS) is 10.8. The van der Waals surface area contributed by atoms with Crippen molar-refractivity contribution in [1.29, 1.82) is 0 Å². The lowest BCUT2D eigenvalue weighted by atomic mass is 10.1. The second-order valence-electron chi connectivity index (χ2n) is 6.32. The Morgan fingerprint density at radius 1 is 1.07 bits per heavy atom. The molecule has 1 aromatic carbocycles. The van der Waals surface area contributed by atoms with Gasteiger partial charge in [0, 0.05) is 11.6 Å². The van der Waals surface area contributed by atoms with E-state index in [1.807, 2.05) is 43.3 Å². The van der Waals surface area contributed by atoms with E-state index in [-0.39, 0.29) is 5.91 Å². The van der Waals surface area contributed by atoms with Crippen LogP contribution >= 0.6 is 0 Å². The topological polar surface area (TPSA) is 94.3 Å². The van der Waals surface area contributed by atoms with Gasteiger partial charge in [-0.3, -0.25) is 4.79 Å². The number of benzene rings is 1. The SMILES string of the molecule is COc1ccc(NC(=O)c2c(C)nc3ccc(-c4cccc(C)c4)nn23)nn1. The van der Waals surface area contributed by atoms with Crippen molar-refractivity contribution in [3.63, 3.8) is 0 Å². The molecule has 4 rings (SSSR count). The van der Waals surface area contributed by atoms with Crippen molar-refractivity contribution in [1.82, 2.24) is 24.8 Å². The molecule has 0 radical (unpaired) electrons. The Morgan fingerprint density at radius 2 is 1.93 bits per heavy atom. The van der Waals surface area contributed by atoms with Gasteiger partial charge in [-0.15, -0.1) is 10.2 Å². The first-order chi connectivity index (χ1) is 13.5. The number of nitrogens with zero attached hydrogens (tertiary/aromatic N) is 5. The van der Waals surface area contributed by atoms with E-state index in [0.717, 1.165) is 16.8 Å². The van der Waals surface area contributed by atoms with Gasteiger partial charge in [-0.1, -0.05) is 23.8 Å². The van der Waals surface area contributed by atoms with Crippen LogP contribution in [0.1, 0.15) is 21.7 Å². The van der Waals surface area contributed by atoms with Gasteiger partial charge < -0.3 is 10.1 Å². The zero-order valence-electron chi connectivity index (χ0n) is 15.7. The average molecular weight is 374 g/mol. The number of ether oxygens (including phenoxy) is 1. The van der Waals surface area contributed by atoms with Crippen molar-refractivity contribution in [2.24, 2.45) is 0 Å². The first-order valence-electron chi connectivity index (χ1n) is 8.67. The fourth-order valence-electron chi connectivity index (χ4n) is 2.93. The van der Waals surface area contributed by atoms with Gasteiger partial charge in [0.1, 0.15) is 0 Å². The molecule has 0 spiro atoms. The monoisotopic (exact) mass is 374 g/mol. The molecular weight excluding hydrogens is 356 g/mol. The number of imidazole rings is 1. The van der Waals surface area contributed by atoms with Gasteiger partial charge in [0.15, 0.2) is 17.2 Å². The number of carbonyl (C=O) groups excluding carboxylic acids is 1. The van der Waals surface area contributed by atoms with Crippen LogP contribution in [0.2, 0.25) is 0 Å². The summed E-state index contributed by atoms with van der Waals surface area (Å²) >= 11 is 0. The van der Waals surface area contributed by atoms with Crippen LogP contribution in [0.3, 0.4) is 0 Å². The van der Waals surface area contributed by atoms with Crippen LogP contribution in [0, 0.1) is 13.8 Å². The lowest BCUT2D eigenvalue weighted by Crippen LogP contribution is -2.17. The highest BCUT2D eigenvalue weighted by Crippen LogP contribution is 2.20. The van der Waals surface area contributed by atoms with Crippen molar-refractivity contribution in [3.8, 4) is 17.1 Å². The van der Waals surface area contributed by atoms with E-state index in [2.05, 4.69) is 25.6 Å². The molecule has 0 saturated heterocycles. The number of hydrogen-bond donors (Lipinski definition) is 1. The summed E-state index contributed by atoms with van der Waals surface area (Å²) in [6, 6.07) is 15.0. The van der Waals surface area contributed by atoms with E-state index >= 15 is 0 Å². The minimum Gasteiger partial charge on any atom is -0.480 e. The smallest absolute Gasteiger partial charge is 0.277 e. The molecule has 8 heteroatoms. The zero-order valence-corrected chi connectivity index (χ0v) is 15.7. The van der Waals surface area contributed by atoms with Gasteiger partial charge in [0.2, 0.25) is 5.88 Å². The number of hydrogen-bond acceptors (Lipinski definition) is 6. The quantitative estimate of drug-likeness (QED) is 0.590. The Kier molecular flexibility index (Phi) is 4.44. The molecule has 0 aliphatic carbocycles. The highest BCUT2D eigenvalue weighted by Gasteiger charge is 2.19. The van der Waals surface area contributed by atoms with Crippen molar-refractivity contribution < 1.29 is 9.53 Å². The molecule has 4 aromatic rings. The highest BCUT2D eigenvalue weighted by molar-refractivity contribution is 6.03. The van der Waals surface area contributed by atoms with Crippen LogP contribution in [0.4, 0.5) is 5.82 Å². The Bertz CT molecular complexity index is 1170. The van der Waals surface area contributed by atoms with Crippen molar-refractivity contribution >= 4 is 17.4 Å². The van der Waals surface area contributed by atoms with Gasteiger partial charge in [-0.25, -0.2) is 9.50 Å². The van der Waals surface area contributed by atoms with Crippen LogP contribution in [-0.4, -0.2) is 37.8 Å². The average Bonchev–Trinajstić information content (AvgIpc) is 3.03. The van der Waals surface area contributed by atoms with Crippen molar-refractivity contribution in [2.75, 3.05) is 12.4 Å². The summed E-state index contributed by atoms with van der Waals surface area (Å²) in [5, 5.41) is 15.1. The molecule has 0 fully saturated rings. The van der Waals surface area contributed by atoms with E-state index in [1.54, 1.807) is 23.6 Å². The summed E-state index contributed by atoms with van der Waals surface area (Å²) in [6.45, 7) is 3.80. The summed E-state index contributed by atoms with van der Waals surface area (Å²) in [5.74, 6) is 0.321. The molecule has 1 N–H and O–H groups in total. The number of nitrogens with one attached hydrogen (secondary N) is 1. The van der Waals surface area contributed by atoms with E-state index in [1.165, 1.54) is 7.11 Å². The Balaban J connectivity index is 1.72. The largest absolute Gasteiger partial charge is 0.480 e. The summed E-state index contributed by atoms with van der Waals surface area (Å²) in [5.41, 5.74) is 4.39. The fraction of sp³-hybridized carbons (Fsp3) is 0.150. The molecule has 3 aromatic heterocycles. The van der Waals surface area contributed by atoms with Crippen molar-refractivity contribution in [2.45, 2.75) is 13.8 Å². The second-order valence-corrected chi connectivity index (χ2v) is 6.32. The number of carbonyl (C=O) groups is 1. The van der Waals surface area contributed by atoms with E-state index in [9.17, 15) is 4.79 Å². The van der Waals surface area contributed by atoms with Crippen LogP contribution in [0.15, 0.2) is 48.5 Å². The lowest BCUT2D eigenvalue weighted by molar-refractivity contribution is 0.101. The molecule has 0 saturated carbocycles. The summed E-state index contributed by atoms with van der Waals surface area (Å²) in [7, 11) is 1.50. The number of amides is 1. The Morgan fingerprint density at radius 3 is 2.64 bits per heavy atom. The van der Waals surface area contributed by atoms with Crippen LogP contribution in [0.5, 0.6) is 5.88 Å². The second kappa shape index (κ2) is 7.07. The maximum atomic E-state index is 12.9. The van der Waals surface area contributed by atoms with Gasteiger partial charge in [0.05, 0.1) is 18.5 Å². The van der Waals surface area contributed by atoms with Crippen LogP contribution in [0.25, 0.3) is 16.9 Å². The number of aromatic nitrogens is 5. The molecule has 0 bridgehead atoms. The van der Waals surface area contributed by atoms with E-state index in [4.69, 9.17) is 4.74 Å². The summed E-state index contributed by atoms with van der Waals surface area (Å²) < 4.78 is 6.53. The number of fused-ring (bicyclic) bond motifs is 1. The van der Waals surface area contributed by atoms with Gasteiger partial charge in [-0.2, -0.15) is 5.10 Å². The number of anilines is 1. The first kappa shape index (κ1) is 17.6. The molecule has 0 aliphatic heterocycles. The Labute approximate surface area is 161 Å². The molecule has 0 atom stereocenters. The number of aryl methyl sites for hydroxylation is 2. The first-order valence-corrected chi connectivity index (χ1v) is 8.67. The van der Waals surface area contributed by atoms with Gasteiger partial charge >= 0.3 is 0 Å². The molecule has 140 valence electrons. The Hall–Kier alpha value is -3.81. The van der Waals surface area contributed by atoms with Crippen LogP contribution < -0.4 is 10.1 Å². The predicted molar refractivity (Wildman–Crippen MR) is 104 cm³/mol. The van der Waals surface area contributed by atoms with Crippen LogP contribution in [-0.2, 0) is 0 Å². The maximum Gasteiger partial charge on any atom is 0.277 e. The van der Waals surface area contributed by atoms with Gasteiger partial charge in [-0.05, 0) is 38.1 Å². The summed E-state index contributed by atoms with van der Waals surface area (Å²) in [6.07, 6.45) is 0. The summed E-state index contributed by atoms with van der Waals surface area (Å²) in [4.78, 5) is 17.3. The maximum absolute atomic E-state index is 12.9. The molecule has 0 unspecified atom stereocenters. The third-order valence-corrected chi connectivity index (χ3v) is 4.27. The molecule has 28 heavy (non-hydrogen) atoms. The highest BCUT2D eigenvalue weighted by atomic mass is 16.5. The third kappa shape index (κ3) is 3.27. The van der Waals surface area contributed by atoms with E-state index in [0.29, 0.717) is 28.7 Å². The third-order valence-electron chi connectivity index (χ3n) is 4.27. The molecule has 3 heterocycles. The molecular formula is C20H18N6O2. The van der Waals surface area contributed by atoms with Crippen molar-refractivity contribution in [3.05, 3.63) is 65.5 Å². The molecule has 1 amide bonds. The lowest BCUT2D eigenvalue weighted by Gasteiger charge is -2.07. The number of rotatable bonds is 4. The minimum atomic E-state index is -0.363. The predicted octanol–water partition coefficient (Wildman–Crippen LogP) is 3.06. The molecule has 0 aliphatic rings. The molecule has 8 nitrogen and oxygen atoms in total. The standard InChI is InChI=1S/C20H18N6O2/c1-12-5-4-6-14(11-12)15-7-9-17-21-13(2)19(26(17)25-15)20(27)22-16-8-10-18(28-3)24-23-16/h4-11H,1-3H3,(H,22,23,27). The fourth-order valence-corrected chi connectivity index (χ4v) is 2.93. The zero-order chi connectivity index (χ0) is 19.7.